The number of para-hydroxylation sites is 1. The molecule has 0 aromatic heterocycles. The Hall–Kier alpha value is -1.69. The molecular weight excluding hydrogens is 403 g/mol. The van der Waals surface area contributed by atoms with Crippen molar-refractivity contribution in [1.82, 2.24) is 4.90 Å². The van der Waals surface area contributed by atoms with Gasteiger partial charge in [0, 0.05) is 29.6 Å². The average Bonchev–Trinajstić information content (AvgIpc) is 2.68. The lowest BCUT2D eigenvalue weighted by molar-refractivity contribution is -0.132. The number of hydrogen-bond acceptors (Lipinski definition) is 3. The number of carbonyl (C=O) groups excluding carboxylic acids is 2. The Balaban J connectivity index is 1.47. The molecule has 1 heterocycles. The van der Waals surface area contributed by atoms with Gasteiger partial charge in [-0.1, -0.05) is 47.5 Å². The fourth-order valence-corrected chi connectivity index (χ4v) is 4.59. The Morgan fingerprint density at radius 2 is 1.63 bits per heavy atom. The van der Waals surface area contributed by atoms with Crippen LogP contribution in [0.15, 0.2) is 53.4 Å². The molecule has 0 spiro atoms. The highest BCUT2D eigenvalue weighted by Crippen LogP contribution is 2.34. The van der Waals surface area contributed by atoms with Gasteiger partial charge in [0.2, 0.25) is 11.8 Å². The van der Waals surface area contributed by atoms with Crippen molar-refractivity contribution >= 4 is 52.5 Å². The van der Waals surface area contributed by atoms with E-state index in [0.717, 1.165) is 10.6 Å². The second-order valence-corrected chi connectivity index (χ2v) is 8.15. The molecule has 2 aromatic rings. The van der Waals surface area contributed by atoms with Gasteiger partial charge in [0.05, 0.1) is 15.8 Å². The Morgan fingerprint density at radius 1 is 1.00 bits per heavy atom. The van der Waals surface area contributed by atoms with Crippen LogP contribution in [-0.4, -0.2) is 35.6 Å². The van der Waals surface area contributed by atoms with E-state index in [1.165, 1.54) is 11.8 Å². The van der Waals surface area contributed by atoms with Crippen molar-refractivity contribution in [3.05, 3.63) is 58.6 Å². The predicted molar refractivity (Wildman–Crippen MR) is 112 cm³/mol. The second kappa shape index (κ2) is 9.49. The summed E-state index contributed by atoms with van der Waals surface area (Å²) in [6, 6.07) is 14.7. The molecule has 2 amide bonds. The van der Waals surface area contributed by atoms with Crippen LogP contribution in [0.4, 0.5) is 5.69 Å². The zero-order valence-electron chi connectivity index (χ0n) is 14.7. The fraction of sp³-hybridized carbons (Fsp3) is 0.300. The smallest absolute Gasteiger partial charge is 0.232 e. The van der Waals surface area contributed by atoms with Crippen LogP contribution in [-0.2, 0) is 9.59 Å². The van der Waals surface area contributed by atoms with E-state index >= 15 is 0 Å². The summed E-state index contributed by atoms with van der Waals surface area (Å²) < 4.78 is 0. The molecule has 1 saturated heterocycles. The molecule has 1 aliphatic heterocycles. The van der Waals surface area contributed by atoms with E-state index in [-0.39, 0.29) is 23.5 Å². The first-order valence-electron chi connectivity index (χ1n) is 8.75. The third kappa shape index (κ3) is 5.41. The number of hydrogen-bond donors (Lipinski definition) is 1. The van der Waals surface area contributed by atoms with Crippen LogP contribution in [0, 0.1) is 5.92 Å². The second-order valence-electron chi connectivity index (χ2n) is 6.35. The lowest BCUT2D eigenvalue weighted by Crippen LogP contribution is -2.42. The number of piperidine rings is 1. The summed E-state index contributed by atoms with van der Waals surface area (Å²) in [7, 11) is 0. The SMILES string of the molecule is O=C(Nc1ccccc1)C1CCN(C(=O)CSc2c(Cl)cccc2Cl)CC1. The summed E-state index contributed by atoms with van der Waals surface area (Å²) in [6.07, 6.45) is 1.34. The van der Waals surface area contributed by atoms with Crippen molar-refractivity contribution in [1.29, 1.82) is 0 Å². The minimum Gasteiger partial charge on any atom is -0.342 e. The molecule has 27 heavy (non-hydrogen) atoms. The van der Waals surface area contributed by atoms with Crippen molar-refractivity contribution in [3.8, 4) is 0 Å². The van der Waals surface area contributed by atoms with Gasteiger partial charge >= 0.3 is 0 Å². The predicted octanol–water partition coefficient (Wildman–Crippen LogP) is 4.96. The summed E-state index contributed by atoms with van der Waals surface area (Å²) in [5.74, 6) is 0.271. The molecule has 0 unspecified atom stereocenters. The standard InChI is InChI=1S/C20H20Cl2N2O2S/c21-16-7-4-8-17(22)19(16)27-13-18(25)24-11-9-14(10-12-24)20(26)23-15-5-2-1-3-6-15/h1-8,14H,9-13H2,(H,23,26). The Labute approximate surface area is 173 Å². The third-order valence-corrected chi connectivity index (χ3v) is 6.49. The Kier molecular flexibility index (Phi) is 7.05. The first-order chi connectivity index (χ1) is 13.0. The number of rotatable bonds is 5. The van der Waals surface area contributed by atoms with Crippen molar-refractivity contribution in [2.45, 2.75) is 17.7 Å². The molecule has 0 aliphatic carbocycles. The topological polar surface area (TPSA) is 49.4 Å². The van der Waals surface area contributed by atoms with Crippen LogP contribution in [0.25, 0.3) is 0 Å². The minimum absolute atomic E-state index is 0.0190. The number of amides is 2. The van der Waals surface area contributed by atoms with Gasteiger partial charge in [-0.25, -0.2) is 0 Å². The Bertz CT molecular complexity index is 789. The lowest BCUT2D eigenvalue weighted by atomic mass is 9.96. The zero-order valence-corrected chi connectivity index (χ0v) is 17.0. The van der Waals surface area contributed by atoms with E-state index in [1.54, 1.807) is 18.2 Å². The van der Waals surface area contributed by atoms with Crippen LogP contribution >= 0.6 is 35.0 Å². The highest BCUT2D eigenvalue weighted by molar-refractivity contribution is 8.00. The molecule has 0 radical (unpaired) electrons. The van der Waals surface area contributed by atoms with Crippen LogP contribution in [0.3, 0.4) is 0 Å². The number of thioether (sulfide) groups is 1. The number of anilines is 1. The van der Waals surface area contributed by atoms with E-state index < -0.39 is 0 Å². The number of likely N-dealkylation sites (tertiary alicyclic amines) is 1. The highest BCUT2D eigenvalue weighted by atomic mass is 35.5. The molecule has 1 N–H and O–H groups in total. The van der Waals surface area contributed by atoms with Gasteiger partial charge in [-0.05, 0) is 37.1 Å². The highest BCUT2D eigenvalue weighted by Gasteiger charge is 2.27. The molecule has 1 aliphatic rings. The molecular formula is C20H20Cl2N2O2S. The summed E-state index contributed by atoms with van der Waals surface area (Å²) in [4.78, 5) is 27.4. The number of carbonyl (C=O) groups is 2. The van der Waals surface area contributed by atoms with Crippen LogP contribution in [0.5, 0.6) is 0 Å². The van der Waals surface area contributed by atoms with Crippen LogP contribution in [0.2, 0.25) is 10.0 Å². The first kappa shape index (κ1) is 20.1. The van der Waals surface area contributed by atoms with Crippen LogP contribution in [0.1, 0.15) is 12.8 Å². The minimum atomic E-state index is -0.0695. The van der Waals surface area contributed by atoms with E-state index in [9.17, 15) is 9.59 Å². The van der Waals surface area contributed by atoms with Crippen LogP contribution < -0.4 is 5.32 Å². The van der Waals surface area contributed by atoms with Gasteiger partial charge in [-0.15, -0.1) is 11.8 Å². The molecule has 4 nitrogen and oxygen atoms in total. The van der Waals surface area contributed by atoms with Gasteiger partial charge in [0.25, 0.3) is 0 Å². The van der Waals surface area contributed by atoms with Crippen molar-refractivity contribution < 1.29 is 9.59 Å². The molecule has 142 valence electrons. The van der Waals surface area contributed by atoms with E-state index in [4.69, 9.17) is 23.2 Å². The molecule has 0 atom stereocenters. The summed E-state index contributed by atoms with van der Waals surface area (Å²) in [5, 5.41) is 4.04. The molecule has 1 fully saturated rings. The summed E-state index contributed by atoms with van der Waals surface area (Å²) >= 11 is 13.6. The van der Waals surface area contributed by atoms with Gasteiger partial charge < -0.3 is 10.2 Å². The van der Waals surface area contributed by atoms with E-state index in [2.05, 4.69) is 5.32 Å². The summed E-state index contributed by atoms with van der Waals surface area (Å²) in [6.45, 7) is 1.17. The van der Waals surface area contributed by atoms with Crippen molar-refractivity contribution in [3.63, 3.8) is 0 Å². The van der Waals surface area contributed by atoms with E-state index in [1.807, 2.05) is 35.2 Å². The lowest BCUT2D eigenvalue weighted by Gasteiger charge is -2.31. The van der Waals surface area contributed by atoms with Gasteiger partial charge in [-0.2, -0.15) is 0 Å². The number of nitrogens with one attached hydrogen (secondary N) is 1. The third-order valence-electron chi connectivity index (χ3n) is 4.52. The number of halogens is 2. The molecule has 2 aromatic carbocycles. The van der Waals surface area contributed by atoms with Gasteiger partial charge in [-0.3, -0.25) is 9.59 Å². The van der Waals surface area contributed by atoms with Crippen molar-refractivity contribution in [2.24, 2.45) is 5.92 Å². The maximum atomic E-state index is 12.5. The molecule has 0 saturated carbocycles. The molecule has 7 heteroatoms. The summed E-state index contributed by atoms with van der Waals surface area (Å²) in [5.41, 5.74) is 0.800. The monoisotopic (exact) mass is 422 g/mol. The number of nitrogens with zero attached hydrogens (tertiary/aromatic N) is 1. The average molecular weight is 423 g/mol. The Morgan fingerprint density at radius 3 is 2.26 bits per heavy atom. The molecule has 3 rings (SSSR count). The van der Waals surface area contributed by atoms with Gasteiger partial charge in [0.15, 0.2) is 0 Å². The number of benzene rings is 2. The van der Waals surface area contributed by atoms with Gasteiger partial charge in [0.1, 0.15) is 0 Å². The molecule has 0 bridgehead atoms. The van der Waals surface area contributed by atoms with E-state index in [0.29, 0.717) is 36.0 Å². The largest absolute Gasteiger partial charge is 0.342 e. The quantitative estimate of drug-likeness (QED) is 0.692. The zero-order chi connectivity index (χ0) is 19.2. The fourth-order valence-electron chi connectivity index (χ4n) is 3.00. The first-order valence-corrected chi connectivity index (χ1v) is 10.5. The van der Waals surface area contributed by atoms with Crippen molar-refractivity contribution in [2.75, 3.05) is 24.2 Å². The maximum absolute atomic E-state index is 12.5. The normalized spacial score (nSPS) is 14.8. The maximum Gasteiger partial charge on any atom is 0.232 e.